The molecule has 37 heavy (non-hydrogen) atoms. The van der Waals surface area contributed by atoms with Gasteiger partial charge in [0, 0.05) is 62.7 Å². The summed E-state index contributed by atoms with van der Waals surface area (Å²) < 4.78 is 20.3. The number of likely N-dealkylation sites (tertiary alicyclic amines) is 1. The van der Waals surface area contributed by atoms with Crippen molar-refractivity contribution in [2.45, 2.75) is 19.4 Å². The van der Waals surface area contributed by atoms with Gasteiger partial charge in [-0.2, -0.15) is 0 Å². The molecule has 0 saturated carbocycles. The van der Waals surface area contributed by atoms with E-state index < -0.39 is 0 Å². The smallest absolute Gasteiger partial charge is 0.246 e. The maximum Gasteiger partial charge on any atom is 0.246 e. The summed E-state index contributed by atoms with van der Waals surface area (Å²) in [6.45, 7) is 6.43. The van der Waals surface area contributed by atoms with Crippen molar-refractivity contribution in [3.63, 3.8) is 0 Å². The number of ether oxygens (including phenoxy) is 1. The van der Waals surface area contributed by atoms with Crippen LogP contribution in [0.1, 0.15) is 23.3 Å². The predicted molar refractivity (Wildman–Crippen MR) is 148 cm³/mol. The number of hydrogen-bond donors (Lipinski definition) is 0. The number of rotatable bonds is 8. The first-order chi connectivity index (χ1) is 18.1. The number of amides is 1. The van der Waals surface area contributed by atoms with E-state index in [1.807, 2.05) is 52.8 Å². The molecular formula is C30H34FN3O2S. The number of carbonyl (C=O) groups excluding carboxylic acids is 1. The Labute approximate surface area is 222 Å². The fraction of sp³-hybridized carbons (Fsp3) is 0.367. The van der Waals surface area contributed by atoms with E-state index in [1.54, 1.807) is 23.5 Å². The topological polar surface area (TPSA) is 36.0 Å². The molecule has 194 valence electrons. The van der Waals surface area contributed by atoms with Crippen LogP contribution < -0.4 is 9.64 Å². The van der Waals surface area contributed by atoms with Gasteiger partial charge >= 0.3 is 0 Å². The molecule has 2 aliphatic heterocycles. The first-order valence-electron chi connectivity index (χ1n) is 13.1. The summed E-state index contributed by atoms with van der Waals surface area (Å²) in [5, 5.41) is 2.02. The lowest BCUT2D eigenvalue weighted by Crippen LogP contribution is -2.46. The van der Waals surface area contributed by atoms with Gasteiger partial charge < -0.3 is 14.5 Å². The number of carbonyl (C=O) groups is 1. The van der Waals surface area contributed by atoms with Gasteiger partial charge in [0.15, 0.2) is 0 Å². The van der Waals surface area contributed by atoms with Gasteiger partial charge in [-0.1, -0.05) is 30.3 Å². The van der Waals surface area contributed by atoms with Crippen LogP contribution >= 0.6 is 11.3 Å². The molecule has 1 amide bonds. The monoisotopic (exact) mass is 519 g/mol. The second-order valence-electron chi connectivity index (χ2n) is 9.81. The number of hydrogen-bond acceptors (Lipinski definition) is 5. The van der Waals surface area contributed by atoms with Crippen LogP contribution in [-0.4, -0.2) is 61.6 Å². The zero-order valence-electron chi connectivity index (χ0n) is 21.1. The van der Waals surface area contributed by atoms with Crippen LogP contribution in [0.3, 0.4) is 0 Å². The van der Waals surface area contributed by atoms with Crippen molar-refractivity contribution in [3.05, 3.63) is 88.4 Å². The van der Waals surface area contributed by atoms with Gasteiger partial charge in [0.2, 0.25) is 5.91 Å². The highest BCUT2D eigenvalue weighted by molar-refractivity contribution is 7.10. The first-order valence-corrected chi connectivity index (χ1v) is 14.0. The molecule has 2 fully saturated rings. The van der Waals surface area contributed by atoms with Crippen LogP contribution in [0.5, 0.6) is 5.75 Å². The number of benzene rings is 2. The van der Waals surface area contributed by atoms with E-state index >= 15 is 0 Å². The molecular weight excluding hydrogens is 485 g/mol. The van der Waals surface area contributed by atoms with Crippen LogP contribution in [0.4, 0.5) is 10.1 Å². The van der Waals surface area contributed by atoms with Crippen molar-refractivity contribution in [3.8, 4) is 5.75 Å². The molecule has 0 N–H and O–H groups in total. The van der Waals surface area contributed by atoms with E-state index in [4.69, 9.17) is 4.74 Å². The first kappa shape index (κ1) is 25.5. The zero-order chi connectivity index (χ0) is 25.5. The van der Waals surface area contributed by atoms with Crippen molar-refractivity contribution in [1.29, 1.82) is 0 Å². The quantitative estimate of drug-likeness (QED) is 0.366. The third kappa shape index (κ3) is 6.99. The molecule has 0 radical (unpaired) electrons. The highest BCUT2D eigenvalue weighted by Gasteiger charge is 2.23. The summed E-state index contributed by atoms with van der Waals surface area (Å²) in [7, 11) is 0. The number of thiophene rings is 1. The molecule has 5 rings (SSSR count). The number of piperidine rings is 1. The van der Waals surface area contributed by atoms with Gasteiger partial charge in [0.1, 0.15) is 11.6 Å². The summed E-state index contributed by atoms with van der Waals surface area (Å²) >= 11 is 1.63. The largest absolute Gasteiger partial charge is 0.493 e. The molecule has 7 heteroatoms. The standard InChI is InChI=1S/C30H34FN3O2S/c31-28-10-1-2-11-29(28)33-17-15-32(16-18-33)21-24-6-3-8-26(20-24)36-23-25-7-4-14-34(22-25)30(35)13-12-27-9-5-19-37-27/h1-3,5-6,8-13,19-20,25H,4,7,14-18,21-23H2/b13-12+. The predicted octanol–water partition coefficient (Wildman–Crippen LogP) is 5.54. The van der Waals surface area contributed by atoms with Crippen molar-refractivity contribution < 1.29 is 13.9 Å². The third-order valence-corrected chi connectivity index (χ3v) is 7.96. The van der Waals surface area contributed by atoms with Crippen molar-refractivity contribution in [2.75, 3.05) is 50.8 Å². The molecule has 0 aliphatic carbocycles. The average molecular weight is 520 g/mol. The maximum absolute atomic E-state index is 14.1. The number of piperazine rings is 1. The SMILES string of the molecule is O=C(/C=C/c1cccs1)N1CCCC(COc2cccc(CN3CCN(c4ccccc4F)CC3)c2)C1. The van der Waals surface area contributed by atoms with Crippen LogP contribution in [-0.2, 0) is 11.3 Å². The number of halogens is 1. The molecule has 2 aliphatic rings. The third-order valence-electron chi connectivity index (χ3n) is 7.12. The minimum atomic E-state index is -0.152. The molecule has 1 unspecified atom stereocenters. The Morgan fingerprint density at radius 3 is 2.70 bits per heavy atom. The van der Waals surface area contributed by atoms with Gasteiger partial charge in [-0.15, -0.1) is 11.3 Å². The fourth-order valence-corrected chi connectivity index (χ4v) is 5.73. The van der Waals surface area contributed by atoms with Crippen LogP contribution in [0.2, 0.25) is 0 Å². The van der Waals surface area contributed by atoms with E-state index in [-0.39, 0.29) is 11.7 Å². The number of nitrogens with zero attached hydrogens (tertiary/aromatic N) is 3. The Bertz CT molecular complexity index is 1190. The van der Waals surface area contributed by atoms with E-state index in [0.717, 1.165) is 69.3 Å². The van der Waals surface area contributed by atoms with E-state index in [0.29, 0.717) is 18.2 Å². The van der Waals surface area contributed by atoms with Gasteiger partial charge in [0.05, 0.1) is 12.3 Å². The minimum absolute atomic E-state index is 0.0789. The molecule has 2 aromatic carbocycles. The maximum atomic E-state index is 14.1. The van der Waals surface area contributed by atoms with Crippen molar-refractivity contribution in [1.82, 2.24) is 9.80 Å². The molecule has 3 heterocycles. The fourth-order valence-electron chi connectivity index (χ4n) is 5.11. The minimum Gasteiger partial charge on any atom is -0.493 e. The lowest BCUT2D eigenvalue weighted by Gasteiger charge is -2.36. The Kier molecular flexibility index (Phi) is 8.53. The molecule has 1 aromatic heterocycles. The number of para-hydroxylation sites is 1. The summed E-state index contributed by atoms with van der Waals surface area (Å²) in [6, 6.07) is 19.3. The van der Waals surface area contributed by atoms with E-state index in [2.05, 4.69) is 21.9 Å². The van der Waals surface area contributed by atoms with Crippen molar-refractivity contribution >= 4 is 29.0 Å². The zero-order valence-corrected chi connectivity index (χ0v) is 21.9. The van der Waals surface area contributed by atoms with Gasteiger partial charge in [-0.25, -0.2) is 4.39 Å². The lowest BCUT2D eigenvalue weighted by molar-refractivity contribution is -0.127. The average Bonchev–Trinajstić information content (AvgIpc) is 3.46. The normalized spacial score (nSPS) is 18.9. The van der Waals surface area contributed by atoms with E-state index in [9.17, 15) is 9.18 Å². The molecule has 2 saturated heterocycles. The second kappa shape index (κ2) is 12.4. The Morgan fingerprint density at radius 1 is 1.03 bits per heavy atom. The van der Waals surface area contributed by atoms with Crippen molar-refractivity contribution in [2.24, 2.45) is 5.92 Å². The molecule has 1 atom stereocenters. The second-order valence-corrected chi connectivity index (χ2v) is 10.8. The highest BCUT2D eigenvalue weighted by Crippen LogP contribution is 2.23. The lowest BCUT2D eigenvalue weighted by atomic mass is 9.99. The number of anilines is 1. The Morgan fingerprint density at radius 2 is 1.89 bits per heavy atom. The summed E-state index contributed by atoms with van der Waals surface area (Å²) in [5.41, 5.74) is 1.91. The summed E-state index contributed by atoms with van der Waals surface area (Å²) in [4.78, 5) is 20.2. The van der Waals surface area contributed by atoms with Gasteiger partial charge in [0.25, 0.3) is 0 Å². The Hall–Kier alpha value is -3.16. The van der Waals surface area contributed by atoms with Crippen LogP contribution in [0, 0.1) is 11.7 Å². The molecule has 3 aromatic rings. The van der Waals surface area contributed by atoms with Crippen LogP contribution in [0.15, 0.2) is 72.1 Å². The molecule has 5 nitrogen and oxygen atoms in total. The molecule has 0 bridgehead atoms. The highest BCUT2D eigenvalue weighted by atomic mass is 32.1. The molecule has 0 spiro atoms. The Balaban J connectivity index is 1.08. The summed E-state index contributed by atoms with van der Waals surface area (Å²) in [6.07, 6.45) is 5.67. The van der Waals surface area contributed by atoms with E-state index in [1.165, 1.54) is 11.6 Å². The van der Waals surface area contributed by atoms with Gasteiger partial charge in [-0.3, -0.25) is 9.69 Å². The van der Waals surface area contributed by atoms with Gasteiger partial charge in [-0.05, 0) is 60.2 Å². The summed E-state index contributed by atoms with van der Waals surface area (Å²) in [5.74, 6) is 1.14. The van der Waals surface area contributed by atoms with Crippen LogP contribution in [0.25, 0.3) is 6.08 Å².